The lowest BCUT2D eigenvalue weighted by molar-refractivity contribution is 0.543. The summed E-state index contributed by atoms with van der Waals surface area (Å²) in [4.78, 5) is 0. The summed E-state index contributed by atoms with van der Waals surface area (Å²) < 4.78 is 13.2. The molecule has 2 heteroatoms. The number of halogens is 1. The highest BCUT2D eigenvalue weighted by Crippen LogP contribution is 2.11. The maximum Gasteiger partial charge on any atom is 0.126 e. The van der Waals surface area contributed by atoms with Gasteiger partial charge in [-0.3, -0.25) is 0 Å². The van der Waals surface area contributed by atoms with Crippen molar-refractivity contribution in [2.75, 3.05) is 0 Å². The van der Waals surface area contributed by atoms with Gasteiger partial charge < -0.3 is 5.32 Å². The van der Waals surface area contributed by atoms with Crippen LogP contribution in [0.25, 0.3) is 0 Å². The predicted molar refractivity (Wildman–Crippen MR) is 82.3 cm³/mol. The van der Waals surface area contributed by atoms with Crippen molar-refractivity contribution in [1.29, 1.82) is 0 Å². The van der Waals surface area contributed by atoms with Crippen molar-refractivity contribution in [3.63, 3.8) is 0 Å². The summed E-state index contributed by atoms with van der Waals surface area (Å²) in [6, 6.07) is 14.1. The molecule has 2 aromatic rings. The standard InChI is InChI=1S/C18H22FN/c1-13-6-4-5-7-17(13)11-15(3)20-12-16-8-9-18(19)14(2)10-16/h4-10,15,20H,11-12H2,1-3H3. The summed E-state index contributed by atoms with van der Waals surface area (Å²) in [5.74, 6) is -0.137. The monoisotopic (exact) mass is 271 g/mol. The third-order valence-corrected chi connectivity index (χ3v) is 3.66. The van der Waals surface area contributed by atoms with E-state index >= 15 is 0 Å². The highest BCUT2D eigenvalue weighted by Gasteiger charge is 2.06. The van der Waals surface area contributed by atoms with Crippen LogP contribution in [0.5, 0.6) is 0 Å². The number of hydrogen-bond donors (Lipinski definition) is 1. The number of aryl methyl sites for hydroxylation is 2. The van der Waals surface area contributed by atoms with E-state index in [1.54, 1.807) is 13.0 Å². The van der Waals surface area contributed by atoms with Crippen LogP contribution in [0.3, 0.4) is 0 Å². The van der Waals surface area contributed by atoms with Crippen molar-refractivity contribution in [3.8, 4) is 0 Å². The molecule has 1 nitrogen and oxygen atoms in total. The van der Waals surface area contributed by atoms with Crippen molar-refractivity contribution in [3.05, 3.63) is 70.5 Å². The zero-order valence-corrected chi connectivity index (χ0v) is 12.4. The molecule has 0 bridgehead atoms. The Morgan fingerprint density at radius 1 is 1.05 bits per heavy atom. The van der Waals surface area contributed by atoms with Gasteiger partial charge in [0, 0.05) is 12.6 Å². The van der Waals surface area contributed by atoms with Gasteiger partial charge in [-0.15, -0.1) is 0 Å². The van der Waals surface area contributed by atoms with Gasteiger partial charge in [0.15, 0.2) is 0 Å². The minimum Gasteiger partial charge on any atom is -0.310 e. The molecule has 20 heavy (non-hydrogen) atoms. The fraction of sp³-hybridized carbons (Fsp3) is 0.333. The highest BCUT2D eigenvalue weighted by atomic mass is 19.1. The Hall–Kier alpha value is -1.67. The fourth-order valence-corrected chi connectivity index (χ4v) is 2.35. The van der Waals surface area contributed by atoms with Crippen LogP contribution in [0.15, 0.2) is 42.5 Å². The first-order valence-electron chi connectivity index (χ1n) is 7.09. The van der Waals surface area contributed by atoms with Crippen molar-refractivity contribution in [2.45, 2.75) is 39.8 Å². The Labute approximate surface area is 120 Å². The third-order valence-electron chi connectivity index (χ3n) is 3.66. The lowest BCUT2D eigenvalue weighted by Crippen LogP contribution is -2.27. The summed E-state index contributed by atoms with van der Waals surface area (Å²) in [6.07, 6.45) is 1.01. The first-order valence-corrected chi connectivity index (χ1v) is 7.09. The van der Waals surface area contributed by atoms with E-state index in [4.69, 9.17) is 0 Å². The van der Waals surface area contributed by atoms with Crippen LogP contribution in [0.1, 0.15) is 29.2 Å². The van der Waals surface area contributed by atoms with E-state index < -0.39 is 0 Å². The van der Waals surface area contributed by atoms with E-state index in [2.05, 4.69) is 43.4 Å². The van der Waals surface area contributed by atoms with Gasteiger partial charge in [0.1, 0.15) is 5.82 Å². The van der Waals surface area contributed by atoms with Gasteiger partial charge in [-0.1, -0.05) is 36.4 Å². The molecule has 0 aliphatic carbocycles. The molecule has 106 valence electrons. The van der Waals surface area contributed by atoms with Crippen LogP contribution < -0.4 is 5.32 Å². The summed E-state index contributed by atoms with van der Waals surface area (Å²) in [5.41, 5.74) is 4.54. The molecule has 0 saturated heterocycles. The highest BCUT2D eigenvalue weighted by molar-refractivity contribution is 5.26. The zero-order chi connectivity index (χ0) is 14.5. The van der Waals surface area contributed by atoms with E-state index in [1.807, 2.05) is 12.1 Å². The first-order chi connectivity index (χ1) is 9.56. The second-order valence-electron chi connectivity index (χ2n) is 5.50. The Balaban J connectivity index is 1.90. The molecule has 0 aromatic heterocycles. The lowest BCUT2D eigenvalue weighted by Gasteiger charge is -2.15. The maximum absolute atomic E-state index is 13.2. The van der Waals surface area contributed by atoms with E-state index in [9.17, 15) is 4.39 Å². The molecule has 0 aliphatic rings. The molecule has 2 rings (SSSR count). The molecule has 1 N–H and O–H groups in total. The molecule has 0 saturated carbocycles. The van der Waals surface area contributed by atoms with Crippen molar-refractivity contribution in [2.24, 2.45) is 0 Å². The van der Waals surface area contributed by atoms with Crippen molar-refractivity contribution in [1.82, 2.24) is 5.32 Å². The molecule has 0 radical (unpaired) electrons. The fourth-order valence-electron chi connectivity index (χ4n) is 2.35. The molecule has 0 amide bonds. The van der Waals surface area contributed by atoms with Crippen molar-refractivity contribution >= 4 is 0 Å². The summed E-state index contributed by atoms with van der Waals surface area (Å²) in [5, 5.41) is 3.50. The quantitative estimate of drug-likeness (QED) is 0.861. The van der Waals surface area contributed by atoms with Gasteiger partial charge in [-0.05, 0) is 55.5 Å². The molecule has 1 atom stereocenters. The predicted octanol–water partition coefficient (Wildman–Crippen LogP) is 4.16. The SMILES string of the molecule is Cc1cc(CNC(C)Cc2ccccc2C)ccc1F. The van der Waals surface area contributed by atoms with Gasteiger partial charge in [0.2, 0.25) is 0 Å². The number of hydrogen-bond acceptors (Lipinski definition) is 1. The number of benzene rings is 2. The molecular formula is C18H22FN. The van der Waals surface area contributed by atoms with Gasteiger partial charge in [-0.25, -0.2) is 4.39 Å². The molecule has 0 heterocycles. The molecule has 2 aromatic carbocycles. The van der Waals surface area contributed by atoms with Gasteiger partial charge in [-0.2, -0.15) is 0 Å². The average Bonchev–Trinajstić information content (AvgIpc) is 2.43. The molecule has 0 spiro atoms. The molecule has 0 aliphatic heterocycles. The van der Waals surface area contributed by atoms with Crippen LogP contribution in [0, 0.1) is 19.7 Å². The van der Waals surface area contributed by atoms with E-state index in [1.165, 1.54) is 11.1 Å². The summed E-state index contributed by atoms with van der Waals surface area (Å²) in [7, 11) is 0. The summed E-state index contributed by atoms with van der Waals surface area (Å²) in [6.45, 7) is 6.90. The zero-order valence-electron chi connectivity index (χ0n) is 12.4. The van der Waals surface area contributed by atoms with Crippen LogP contribution >= 0.6 is 0 Å². The Kier molecular flexibility index (Phi) is 4.91. The minimum absolute atomic E-state index is 0.137. The molecule has 1 unspecified atom stereocenters. The van der Waals surface area contributed by atoms with E-state index in [-0.39, 0.29) is 5.82 Å². The topological polar surface area (TPSA) is 12.0 Å². The second kappa shape index (κ2) is 6.67. The summed E-state index contributed by atoms with van der Waals surface area (Å²) >= 11 is 0. The third kappa shape index (κ3) is 3.91. The molecular weight excluding hydrogens is 249 g/mol. The Bertz CT molecular complexity index is 577. The van der Waals surface area contributed by atoms with Gasteiger partial charge in [0.05, 0.1) is 0 Å². The number of rotatable bonds is 5. The lowest BCUT2D eigenvalue weighted by atomic mass is 10.0. The van der Waals surface area contributed by atoms with Gasteiger partial charge in [0.25, 0.3) is 0 Å². The first kappa shape index (κ1) is 14.7. The van der Waals surface area contributed by atoms with Crippen LogP contribution in [-0.4, -0.2) is 6.04 Å². The normalized spacial score (nSPS) is 12.4. The minimum atomic E-state index is -0.137. The van der Waals surface area contributed by atoms with E-state index in [0.717, 1.165) is 18.5 Å². The van der Waals surface area contributed by atoms with Crippen molar-refractivity contribution < 1.29 is 4.39 Å². The van der Waals surface area contributed by atoms with Crippen LogP contribution in [0.2, 0.25) is 0 Å². The maximum atomic E-state index is 13.2. The molecule has 0 fully saturated rings. The van der Waals surface area contributed by atoms with Crippen LogP contribution in [0.4, 0.5) is 4.39 Å². The van der Waals surface area contributed by atoms with E-state index in [0.29, 0.717) is 11.6 Å². The second-order valence-corrected chi connectivity index (χ2v) is 5.50. The largest absolute Gasteiger partial charge is 0.310 e. The Morgan fingerprint density at radius 2 is 1.80 bits per heavy atom. The van der Waals surface area contributed by atoms with Gasteiger partial charge >= 0.3 is 0 Å². The Morgan fingerprint density at radius 3 is 2.50 bits per heavy atom. The number of nitrogens with one attached hydrogen (secondary N) is 1. The average molecular weight is 271 g/mol. The van der Waals surface area contributed by atoms with Crippen LogP contribution in [-0.2, 0) is 13.0 Å². The smallest absolute Gasteiger partial charge is 0.126 e.